The minimum Gasteiger partial charge on any atom is -0.465 e. The van der Waals surface area contributed by atoms with Gasteiger partial charge >= 0.3 is 0 Å². The molecule has 1 aliphatic rings. The van der Waals surface area contributed by atoms with Crippen molar-refractivity contribution in [3.05, 3.63) is 126 Å². The first-order valence-corrected chi connectivity index (χ1v) is 9.76. The minimum atomic E-state index is -0.171. The highest BCUT2D eigenvalue weighted by molar-refractivity contribution is 5.94. The zero-order valence-corrected chi connectivity index (χ0v) is 15.8. The van der Waals surface area contributed by atoms with Crippen molar-refractivity contribution in [1.29, 1.82) is 0 Å². The Morgan fingerprint density at radius 1 is 0.552 bits per heavy atom. The Balaban J connectivity index is 1.54. The van der Waals surface area contributed by atoms with E-state index in [4.69, 9.17) is 14.7 Å². The number of nitrogens with zero attached hydrogens (tertiary/aromatic N) is 2. The average molecular weight is 376 g/mol. The van der Waals surface area contributed by atoms with Crippen molar-refractivity contribution in [3.8, 4) is 11.3 Å². The minimum absolute atomic E-state index is 0.101. The fourth-order valence-corrected chi connectivity index (χ4v) is 3.65. The highest BCUT2D eigenvalue weighted by Gasteiger charge is 2.34. The summed E-state index contributed by atoms with van der Waals surface area (Å²) in [5, 5.41) is 0. The summed E-state index contributed by atoms with van der Waals surface area (Å²) in [5.74, 6) is 0.588. The summed E-state index contributed by atoms with van der Waals surface area (Å²) in [7, 11) is 0. The van der Waals surface area contributed by atoms with Crippen LogP contribution in [0, 0.1) is 0 Å². The maximum Gasteiger partial charge on any atom is 0.236 e. The summed E-state index contributed by atoms with van der Waals surface area (Å²) in [4.78, 5) is 9.78. The first-order valence-electron chi connectivity index (χ1n) is 9.76. The van der Waals surface area contributed by atoms with E-state index in [1.54, 1.807) is 0 Å². The molecular weight excluding hydrogens is 356 g/mol. The molecule has 2 atom stereocenters. The topological polar surface area (TPSA) is 34.5 Å². The Kier molecular flexibility index (Phi) is 4.63. The van der Waals surface area contributed by atoms with E-state index in [1.807, 2.05) is 72.8 Å². The van der Waals surface area contributed by atoms with E-state index in [0.717, 1.165) is 28.1 Å². The molecular formula is C26H20N2O. The number of pyridine rings is 1. The fourth-order valence-electron chi connectivity index (χ4n) is 3.65. The van der Waals surface area contributed by atoms with Crippen LogP contribution in [0.2, 0.25) is 0 Å². The van der Waals surface area contributed by atoms with Crippen LogP contribution in [0.15, 0.2) is 114 Å². The Labute approximate surface area is 170 Å². The third-order valence-corrected chi connectivity index (χ3v) is 5.09. The molecule has 3 heteroatoms. The van der Waals surface area contributed by atoms with Gasteiger partial charge in [0.2, 0.25) is 5.90 Å². The number of ether oxygens (including phenoxy) is 1. The van der Waals surface area contributed by atoms with E-state index < -0.39 is 0 Å². The van der Waals surface area contributed by atoms with Crippen LogP contribution in [0.4, 0.5) is 0 Å². The predicted octanol–water partition coefficient (Wildman–Crippen LogP) is 6.01. The molecule has 0 radical (unpaired) electrons. The zero-order chi connectivity index (χ0) is 19.5. The lowest BCUT2D eigenvalue weighted by molar-refractivity contribution is 0.196. The van der Waals surface area contributed by atoms with Crippen LogP contribution in [0.3, 0.4) is 0 Å². The van der Waals surface area contributed by atoms with Gasteiger partial charge in [0.15, 0.2) is 6.10 Å². The molecule has 0 saturated carbocycles. The fraction of sp³-hybridized carbons (Fsp3) is 0.0769. The van der Waals surface area contributed by atoms with E-state index >= 15 is 0 Å². The zero-order valence-electron chi connectivity index (χ0n) is 15.8. The maximum absolute atomic E-state index is 6.38. The summed E-state index contributed by atoms with van der Waals surface area (Å²) in [6, 6.07) is 36.6. The quantitative estimate of drug-likeness (QED) is 0.437. The third kappa shape index (κ3) is 3.55. The van der Waals surface area contributed by atoms with Gasteiger partial charge in [0, 0.05) is 5.56 Å². The van der Waals surface area contributed by atoms with Crippen LogP contribution in [0.1, 0.15) is 29.0 Å². The molecule has 1 aliphatic heterocycles. The van der Waals surface area contributed by atoms with Crippen LogP contribution >= 0.6 is 0 Å². The molecule has 0 amide bonds. The molecule has 0 unspecified atom stereocenters. The van der Waals surface area contributed by atoms with Gasteiger partial charge < -0.3 is 4.74 Å². The van der Waals surface area contributed by atoms with Gasteiger partial charge in [-0.15, -0.1) is 0 Å². The second-order valence-corrected chi connectivity index (χ2v) is 7.01. The molecule has 140 valence electrons. The van der Waals surface area contributed by atoms with Crippen molar-refractivity contribution in [1.82, 2.24) is 4.98 Å². The van der Waals surface area contributed by atoms with Gasteiger partial charge in [0.25, 0.3) is 0 Å². The lowest BCUT2D eigenvalue weighted by Gasteiger charge is -2.18. The summed E-state index contributed by atoms with van der Waals surface area (Å²) < 4.78 is 6.38. The van der Waals surface area contributed by atoms with Crippen molar-refractivity contribution < 1.29 is 4.74 Å². The number of aromatic nitrogens is 1. The van der Waals surface area contributed by atoms with Crippen LogP contribution < -0.4 is 0 Å². The molecule has 2 heterocycles. The summed E-state index contributed by atoms with van der Waals surface area (Å²) >= 11 is 0. The normalized spacial score (nSPS) is 18.1. The predicted molar refractivity (Wildman–Crippen MR) is 116 cm³/mol. The highest BCUT2D eigenvalue weighted by atomic mass is 16.5. The Hall–Kier alpha value is -3.72. The van der Waals surface area contributed by atoms with Crippen LogP contribution in [-0.4, -0.2) is 10.9 Å². The third-order valence-electron chi connectivity index (χ3n) is 5.09. The molecule has 3 aromatic carbocycles. The Morgan fingerprint density at radius 2 is 1.14 bits per heavy atom. The van der Waals surface area contributed by atoms with Crippen molar-refractivity contribution in [2.24, 2.45) is 4.99 Å². The molecule has 0 fully saturated rings. The van der Waals surface area contributed by atoms with E-state index in [1.165, 1.54) is 0 Å². The smallest absolute Gasteiger partial charge is 0.236 e. The van der Waals surface area contributed by atoms with Gasteiger partial charge in [0.05, 0.1) is 5.69 Å². The maximum atomic E-state index is 6.38. The van der Waals surface area contributed by atoms with Crippen molar-refractivity contribution >= 4 is 5.90 Å². The molecule has 0 N–H and O–H groups in total. The second kappa shape index (κ2) is 7.72. The van der Waals surface area contributed by atoms with E-state index in [2.05, 4.69) is 36.4 Å². The molecule has 0 spiro atoms. The van der Waals surface area contributed by atoms with Crippen molar-refractivity contribution in [2.75, 3.05) is 0 Å². The molecule has 4 aromatic rings. The molecule has 3 nitrogen and oxygen atoms in total. The Bertz CT molecular complexity index is 1120. The van der Waals surface area contributed by atoms with Gasteiger partial charge in [-0.1, -0.05) is 97.1 Å². The molecule has 0 bridgehead atoms. The summed E-state index contributed by atoms with van der Waals surface area (Å²) in [6.07, 6.45) is -0.171. The molecule has 29 heavy (non-hydrogen) atoms. The van der Waals surface area contributed by atoms with Crippen LogP contribution in [0.25, 0.3) is 11.3 Å². The lowest BCUT2D eigenvalue weighted by atomic mass is 9.97. The van der Waals surface area contributed by atoms with Crippen LogP contribution in [-0.2, 0) is 4.74 Å². The first kappa shape index (κ1) is 17.4. The molecule has 5 rings (SSSR count). The molecule has 1 aromatic heterocycles. The largest absolute Gasteiger partial charge is 0.465 e. The number of benzene rings is 3. The van der Waals surface area contributed by atoms with Gasteiger partial charge in [-0.05, 0) is 23.3 Å². The lowest BCUT2D eigenvalue weighted by Crippen LogP contribution is -2.10. The number of rotatable bonds is 4. The van der Waals surface area contributed by atoms with Gasteiger partial charge in [0.1, 0.15) is 11.7 Å². The van der Waals surface area contributed by atoms with Gasteiger partial charge in [-0.25, -0.2) is 9.98 Å². The van der Waals surface area contributed by atoms with E-state index in [9.17, 15) is 0 Å². The van der Waals surface area contributed by atoms with Crippen molar-refractivity contribution in [2.45, 2.75) is 12.1 Å². The molecule has 0 saturated heterocycles. The number of hydrogen-bond acceptors (Lipinski definition) is 3. The standard InChI is InChI=1S/C26H20N2O/c1-4-11-19(12-5-1)22-17-10-18-23(27-22)26-28-24(20-13-6-2-7-14-20)25(29-26)21-15-8-3-9-16-21/h1-18,24-25H/t24-,25+/m0/s1. The monoisotopic (exact) mass is 376 g/mol. The average Bonchev–Trinajstić information content (AvgIpc) is 3.27. The number of aliphatic imine (C=N–C) groups is 1. The first-order chi connectivity index (χ1) is 14.4. The van der Waals surface area contributed by atoms with E-state index in [-0.39, 0.29) is 12.1 Å². The highest BCUT2D eigenvalue weighted by Crippen LogP contribution is 2.40. The molecule has 0 aliphatic carbocycles. The summed E-state index contributed by atoms with van der Waals surface area (Å²) in [5.41, 5.74) is 4.99. The summed E-state index contributed by atoms with van der Waals surface area (Å²) in [6.45, 7) is 0. The van der Waals surface area contributed by atoms with Gasteiger partial charge in [-0.3, -0.25) is 0 Å². The number of hydrogen-bond donors (Lipinski definition) is 0. The van der Waals surface area contributed by atoms with E-state index in [0.29, 0.717) is 5.90 Å². The second-order valence-electron chi connectivity index (χ2n) is 7.01. The SMILES string of the molecule is c1ccc(-c2cccc(C3=N[C@@H](c4ccccc4)[C@@H](c4ccccc4)O3)n2)cc1. The van der Waals surface area contributed by atoms with Crippen LogP contribution in [0.5, 0.6) is 0 Å². The van der Waals surface area contributed by atoms with Crippen molar-refractivity contribution in [3.63, 3.8) is 0 Å². The Morgan fingerprint density at radius 3 is 1.83 bits per heavy atom. The van der Waals surface area contributed by atoms with Gasteiger partial charge in [-0.2, -0.15) is 0 Å².